The van der Waals surface area contributed by atoms with E-state index < -0.39 is 41.7 Å². The molecule has 0 aromatic heterocycles. The summed E-state index contributed by atoms with van der Waals surface area (Å²) in [5, 5.41) is 13.9. The zero-order valence-corrected chi connectivity index (χ0v) is 17.7. The average Bonchev–Trinajstić information content (AvgIpc) is 3.03. The number of halogens is 1. The molecule has 2 aromatic carbocycles. The summed E-state index contributed by atoms with van der Waals surface area (Å²) < 4.78 is 19.4. The van der Waals surface area contributed by atoms with Crippen molar-refractivity contribution in [3.8, 4) is 5.75 Å². The Balaban J connectivity index is 1.80. The highest BCUT2D eigenvalue weighted by atomic mass is 19.1. The fourth-order valence-corrected chi connectivity index (χ4v) is 3.46. The number of urea groups is 1. The summed E-state index contributed by atoms with van der Waals surface area (Å²) in [5.74, 6) is -1.94. The van der Waals surface area contributed by atoms with Gasteiger partial charge in [-0.3, -0.25) is 9.59 Å². The standard InChI is InChI=1S/C22H25FN4O5/c1-12(2)19(20(29)25-17-8-5-14(24)11-16(17)23)27-21(30)18(26-22(27)31)13-3-6-15(7-4-13)32-10-9-28/h3-8,11-12,18-19,28H,9-10,24H2,1-2H3,(H,25,29)(H,26,31)/t18-,19+/m1/s1. The second kappa shape index (κ2) is 9.65. The zero-order chi connectivity index (χ0) is 23.4. The van der Waals surface area contributed by atoms with Crippen LogP contribution in [-0.2, 0) is 9.59 Å². The maximum atomic E-state index is 14.1. The van der Waals surface area contributed by atoms with Crippen LogP contribution in [-0.4, -0.2) is 47.1 Å². The van der Waals surface area contributed by atoms with Crippen LogP contribution in [0.3, 0.4) is 0 Å². The molecule has 2 aromatic rings. The number of nitrogen functional groups attached to an aromatic ring is 1. The smallest absolute Gasteiger partial charge is 0.325 e. The molecular weight excluding hydrogens is 419 g/mol. The molecule has 32 heavy (non-hydrogen) atoms. The third kappa shape index (κ3) is 4.80. The highest BCUT2D eigenvalue weighted by Gasteiger charge is 2.46. The first kappa shape index (κ1) is 23.0. The number of nitrogens with two attached hydrogens (primary N) is 1. The van der Waals surface area contributed by atoms with Crippen molar-refractivity contribution in [2.45, 2.75) is 25.9 Å². The number of carbonyl (C=O) groups excluding carboxylic acids is 3. The molecule has 9 nitrogen and oxygen atoms in total. The first-order chi connectivity index (χ1) is 15.2. The van der Waals surface area contributed by atoms with Gasteiger partial charge >= 0.3 is 6.03 Å². The number of nitrogens with one attached hydrogen (secondary N) is 2. The minimum Gasteiger partial charge on any atom is -0.491 e. The number of aliphatic hydroxyl groups excluding tert-OH is 1. The van der Waals surface area contributed by atoms with E-state index in [1.165, 1.54) is 12.1 Å². The Hall–Kier alpha value is -3.66. The maximum Gasteiger partial charge on any atom is 0.325 e. The summed E-state index contributed by atoms with van der Waals surface area (Å²) in [5.41, 5.74) is 6.14. The largest absolute Gasteiger partial charge is 0.491 e. The molecule has 10 heteroatoms. The van der Waals surface area contributed by atoms with Crippen LogP contribution >= 0.6 is 0 Å². The van der Waals surface area contributed by atoms with E-state index in [0.717, 1.165) is 11.0 Å². The normalized spacial score (nSPS) is 16.8. The average molecular weight is 444 g/mol. The molecule has 0 bridgehead atoms. The molecule has 1 aliphatic heterocycles. The number of amides is 4. The predicted octanol–water partition coefficient (Wildman–Crippen LogP) is 2.04. The number of hydrogen-bond donors (Lipinski definition) is 4. The molecule has 5 N–H and O–H groups in total. The van der Waals surface area contributed by atoms with E-state index in [-0.39, 0.29) is 24.6 Å². The van der Waals surface area contributed by atoms with Crippen molar-refractivity contribution in [1.29, 1.82) is 0 Å². The van der Waals surface area contributed by atoms with E-state index in [1.807, 2.05) is 0 Å². The summed E-state index contributed by atoms with van der Waals surface area (Å²) in [4.78, 5) is 39.6. The number of benzene rings is 2. The van der Waals surface area contributed by atoms with E-state index in [1.54, 1.807) is 38.1 Å². The number of ether oxygens (including phenoxy) is 1. The highest BCUT2D eigenvalue weighted by molar-refractivity contribution is 6.09. The minimum absolute atomic E-state index is 0.100. The van der Waals surface area contributed by atoms with Crippen LogP contribution in [0.1, 0.15) is 25.5 Å². The number of hydrogen-bond acceptors (Lipinski definition) is 6. The van der Waals surface area contributed by atoms with Gasteiger partial charge in [0.1, 0.15) is 30.3 Å². The van der Waals surface area contributed by atoms with Crippen molar-refractivity contribution < 1.29 is 28.6 Å². The summed E-state index contributed by atoms with van der Waals surface area (Å²) >= 11 is 0. The number of aliphatic hydroxyl groups is 1. The third-order valence-electron chi connectivity index (χ3n) is 4.97. The highest BCUT2D eigenvalue weighted by Crippen LogP contribution is 2.28. The number of rotatable bonds is 8. The Labute approximate surface area is 184 Å². The lowest BCUT2D eigenvalue weighted by Crippen LogP contribution is -2.50. The first-order valence-electron chi connectivity index (χ1n) is 10.1. The van der Waals surface area contributed by atoms with Crippen molar-refractivity contribution in [2.24, 2.45) is 5.92 Å². The van der Waals surface area contributed by atoms with Gasteiger partial charge < -0.3 is 26.2 Å². The van der Waals surface area contributed by atoms with Crippen LogP contribution in [0.4, 0.5) is 20.6 Å². The molecule has 0 spiro atoms. The summed E-state index contributed by atoms with van der Waals surface area (Å²) in [6, 6.07) is 7.43. The topological polar surface area (TPSA) is 134 Å². The van der Waals surface area contributed by atoms with Gasteiger partial charge in [0.25, 0.3) is 5.91 Å². The Morgan fingerprint density at radius 2 is 1.94 bits per heavy atom. The number of nitrogens with zero attached hydrogens (tertiary/aromatic N) is 1. The van der Waals surface area contributed by atoms with E-state index >= 15 is 0 Å². The molecule has 0 aliphatic carbocycles. The molecule has 0 saturated carbocycles. The fourth-order valence-electron chi connectivity index (χ4n) is 3.46. The van der Waals surface area contributed by atoms with Crippen LogP contribution in [0.5, 0.6) is 5.75 Å². The van der Waals surface area contributed by atoms with Gasteiger partial charge in [-0.15, -0.1) is 0 Å². The van der Waals surface area contributed by atoms with Crippen molar-refractivity contribution in [1.82, 2.24) is 10.2 Å². The lowest BCUT2D eigenvalue weighted by Gasteiger charge is -2.27. The van der Waals surface area contributed by atoms with Crippen molar-refractivity contribution in [3.63, 3.8) is 0 Å². The van der Waals surface area contributed by atoms with Crippen molar-refractivity contribution in [2.75, 3.05) is 24.3 Å². The summed E-state index contributed by atoms with van der Waals surface area (Å²) in [7, 11) is 0. The van der Waals surface area contributed by atoms with Crippen molar-refractivity contribution in [3.05, 3.63) is 53.8 Å². The third-order valence-corrected chi connectivity index (χ3v) is 4.97. The van der Waals surface area contributed by atoms with Gasteiger partial charge in [0.05, 0.1) is 12.3 Å². The molecule has 1 fully saturated rings. The van der Waals surface area contributed by atoms with Gasteiger partial charge in [0, 0.05) is 5.69 Å². The fraction of sp³-hybridized carbons (Fsp3) is 0.318. The van der Waals surface area contributed by atoms with E-state index in [4.69, 9.17) is 15.6 Å². The predicted molar refractivity (Wildman–Crippen MR) is 115 cm³/mol. The zero-order valence-electron chi connectivity index (χ0n) is 17.7. The Morgan fingerprint density at radius 3 is 2.53 bits per heavy atom. The number of carbonyl (C=O) groups is 3. The van der Waals surface area contributed by atoms with E-state index in [9.17, 15) is 18.8 Å². The summed E-state index contributed by atoms with van der Waals surface area (Å²) in [6.45, 7) is 3.37. The number of imide groups is 1. The van der Waals surface area contributed by atoms with Gasteiger partial charge in [0.15, 0.2) is 0 Å². The van der Waals surface area contributed by atoms with Gasteiger partial charge in [-0.25, -0.2) is 14.1 Å². The quantitative estimate of drug-likeness (QED) is 0.364. The molecule has 3 rings (SSSR count). The summed E-state index contributed by atoms with van der Waals surface area (Å²) in [6.07, 6.45) is 0. The lowest BCUT2D eigenvalue weighted by atomic mass is 10.00. The van der Waals surface area contributed by atoms with Crippen LogP contribution < -0.4 is 21.1 Å². The second-order valence-electron chi connectivity index (χ2n) is 7.65. The second-order valence-corrected chi connectivity index (χ2v) is 7.65. The molecule has 170 valence electrons. The first-order valence-corrected chi connectivity index (χ1v) is 10.1. The molecule has 1 saturated heterocycles. The Kier molecular flexibility index (Phi) is 6.94. The Morgan fingerprint density at radius 1 is 1.25 bits per heavy atom. The van der Waals surface area contributed by atoms with Crippen LogP contribution in [0.2, 0.25) is 0 Å². The maximum absolute atomic E-state index is 14.1. The molecule has 2 atom stereocenters. The van der Waals surface area contributed by atoms with Crippen LogP contribution in [0.25, 0.3) is 0 Å². The SMILES string of the molecule is CC(C)[C@@H](C(=O)Nc1ccc(N)cc1F)N1C(=O)N[C@H](c2ccc(OCCO)cc2)C1=O. The van der Waals surface area contributed by atoms with Gasteiger partial charge in [-0.05, 0) is 41.8 Å². The van der Waals surface area contributed by atoms with E-state index in [0.29, 0.717) is 11.3 Å². The van der Waals surface area contributed by atoms with E-state index in [2.05, 4.69) is 10.6 Å². The molecule has 4 amide bonds. The molecule has 1 aliphatic rings. The van der Waals surface area contributed by atoms with Crippen molar-refractivity contribution >= 4 is 29.2 Å². The van der Waals surface area contributed by atoms with Gasteiger partial charge in [0.2, 0.25) is 5.91 Å². The lowest BCUT2D eigenvalue weighted by molar-refractivity contribution is -0.135. The molecule has 1 heterocycles. The minimum atomic E-state index is -1.16. The Bertz CT molecular complexity index is 1010. The van der Waals surface area contributed by atoms with Gasteiger partial charge in [-0.1, -0.05) is 26.0 Å². The van der Waals surface area contributed by atoms with Gasteiger partial charge in [-0.2, -0.15) is 0 Å². The molecule has 0 unspecified atom stereocenters. The monoisotopic (exact) mass is 444 g/mol. The number of anilines is 2. The molecular formula is C22H25FN4O5. The molecule has 0 radical (unpaired) electrons. The van der Waals surface area contributed by atoms with Crippen LogP contribution in [0, 0.1) is 11.7 Å². The van der Waals surface area contributed by atoms with Crippen LogP contribution in [0.15, 0.2) is 42.5 Å².